The first-order chi connectivity index (χ1) is 13.0. The molecular weight excluding hydrogens is 338 g/mol. The summed E-state index contributed by atoms with van der Waals surface area (Å²) in [6.45, 7) is 7.67. The zero-order chi connectivity index (χ0) is 19.4. The molecule has 2 amide bonds. The maximum Gasteiger partial charge on any atom is 0.225 e. The Kier molecular flexibility index (Phi) is 6.53. The molecule has 27 heavy (non-hydrogen) atoms. The molecule has 1 N–H and O–H groups in total. The first kappa shape index (κ1) is 19.9. The second kappa shape index (κ2) is 8.87. The first-order valence-corrected chi connectivity index (χ1v) is 10.3. The summed E-state index contributed by atoms with van der Waals surface area (Å²) in [6, 6.07) is 7.99. The van der Waals surface area contributed by atoms with Crippen molar-refractivity contribution in [3.63, 3.8) is 0 Å². The van der Waals surface area contributed by atoms with E-state index in [1.807, 2.05) is 24.0 Å². The van der Waals surface area contributed by atoms with Gasteiger partial charge in [0.05, 0.1) is 12.0 Å². The molecule has 0 unspecified atom stereocenters. The summed E-state index contributed by atoms with van der Waals surface area (Å²) < 4.78 is 0. The molecule has 5 heteroatoms. The number of benzene rings is 1. The first-order valence-electron chi connectivity index (χ1n) is 10.3. The van der Waals surface area contributed by atoms with Crippen LogP contribution in [0, 0.1) is 18.8 Å². The number of piperidine rings is 2. The summed E-state index contributed by atoms with van der Waals surface area (Å²) in [6.07, 6.45) is 3.38. The van der Waals surface area contributed by atoms with Crippen LogP contribution in [-0.2, 0) is 9.59 Å². The number of carbonyl (C=O) groups excluding carboxylic acids is 2. The number of likely N-dealkylation sites (tertiary alicyclic amines) is 2. The number of amides is 2. The molecule has 1 aromatic rings. The molecule has 0 aliphatic carbocycles. The van der Waals surface area contributed by atoms with E-state index < -0.39 is 0 Å². The maximum absolute atomic E-state index is 13.1. The van der Waals surface area contributed by atoms with Crippen molar-refractivity contribution in [2.75, 3.05) is 33.2 Å². The lowest BCUT2D eigenvalue weighted by molar-refractivity contribution is -0.143. The number of hydrogen-bond acceptors (Lipinski definition) is 3. The predicted octanol–water partition coefficient (Wildman–Crippen LogP) is 2.75. The van der Waals surface area contributed by atoms with Crippen LogP contribution in [0.1, 0.15) is 49.8 Å². The number of aryl methyl sites for hydroxylation is 1. The van der Waals surface area contributed by atoms with Crippen LogP contribution < -0.4 is 5.32 Å². The lowest BCUT2D eigenvalue weighted by Crippen LogP contribution is -2.49. The Morgan fingerprint density at radius 3 is 2.56 bits per heavy atom. The summed E-state index contributed by atoms with van der Waals surface area (Å²) >= 11 is 0. The normalized spacial score (nSPS) is 24.9. The van der Waals surface area contributed by atoms with E-state index in [0.29, 0.717) is 25.3 Å². The minimum Gasteiger partial charge on any atom is -0.356 e. The maximum atomic E-state index is 13.1. The van der Waals surface area contributed by atoms with Crippen molar-refractivity contribution in [1.29, 1.82) is 0 Å². The van der Waals surface area contributed by atoms with Crippen LogP contribution in [-0.4, -0.2) is 54.8 Å². The Bertz CT molecular complexity index is 667. The minimum absolute atomic E-state index is 0.105. The van der Waals surface area contributed by atoms with Gasteiger partial charge in [-0.25, -0.2) is 0 Å². The van der Waals surface area contributed by atoms with Crippen LogP contribution in [0.4, 0.5) is 0 Å². The number of rotatable bonds is 5. The van der Waals surface area contributed by atoms with Gasteiger partial charge in [-0.1, -0.05) is 24.3 Å². The molecule has 0 bridgehead atoms. The molecule has 2 heterocycles. The van der Waals surface area contributed by atoms with Crippen LogP contribution >= 0.6 is 0 Å². The van der Waals surface area contributed by atoms with Gasteiger partial charge >= 0.3 is 0 Å². The second-order valence-corrected chi connectivity index (χ2v) is 8.12. The van der Waals surface area contributed by atoms with Crippen molar-refractivity contribution in [2.45, 2.75) is 45.6 Å². The molecular formula is C22H33N3O2. The lowest BCUT2D eigenvalue weighted by Gasteiger charge is -2.41. The van der Waals surface area contributed by atoms with Gasteiger partial charge in [0.15, 0.2) is 0 Å². The molecule has 2 aliphatic heterocycles. The van der Waals surface area contributed by atoms with Crippen LogP contribution in [0.25, 0.3) is 0 Å². The topological polar surface area (TPSA) is 52.7 Å². The van der Waals surface area contributed by atoms with E-state index in [4.69, 9.17) is 0 Å². The van der Waals surface area contributed by atoms with Crippen molar-refractivity contribution < 1.29 is 9.59 Å². The van der Waals surface area contributed by atoms with Crippen LogP contribution in [0.3, 0.4) is 0 Å². The fourth-order valence-electron chi connectivity index (χ4n) is 4.55. The van der Waals surface area contributed by atoms with Crippen LogP contribution in [0.15, 0.2) is 24.3 Å². The second-order valence-electron chi connectivity index (χ2n) is 8.12. The third kappa shape index (κ3) is 4.52. The van der Waals surface area contributed by atoms with Crippen molar-refractivity contribution in [3.8, 4) is 0 Å². The number of hydrogen-bond donors (Lipinski definition) is 1. The van der Waals surface area contributed by atoms with Gasteiger partial charge in [-0.2, -0.15) is 0 Å². The highest BCUT2D eigenvalue weighted by atomic mass is 16.2. The summed E-state index contributed by atoms with van der Waals surface area (Å²) in [5, 5.41) is 3.22. The van der Waals surface area contributed by atoms with E-state index in [-0.39, 0.29) is 23.8 Å². The fourth-order valence-corrected chi connectivity index (χ4v) is 4.55. The number of carbonyl (C=O) groups is 2. The van der Waals surface area contributed by atoms with E-state index in [9.17, 15) is 9.59 Å². The van der Waals surface area contributed by atoms with Crippen LogP contribution in [0.5, 0.6) is 0 Å². The predicted molar refractivity (Wildman–Crippen MR) is 107 cm³/mol. The van der Waals surface area contributed by atoms with Gasteiger partial charge in [-0.05, 0) is 70.3 Å². The molecule has 1 aromatic carbocycles. The van der Waals surface area contributed by atoms with Crippen molar-refractivity contribution in [2.24, 2.45) is 11.8 Å². The van der Waals surface area contributed by atoms with E-state index in [2.05, 4.69) is 36.3 Å². The zero-order valence-corrected chi connectivity index (χ0v) is 16.9. The zero-order valence-electron chi connectivity index (χ0n) is 16.9. The monoisotopic (exact) mass is 371 g/mol. The molecule has 2 atom stereocenters. The Hall–Kier alpha value is -1.88. The molecule has 148 valence electrons. The van der Waals surface area contributed by atoms with Crippen molar-refractivity contribution >= 4 is 11.8 Å². The fraction of sp³-hybridized carbons (Fsp3) is 0.636. The standard InChI is InChI=1S/C22H33N3O2/c1-4-25-20(26)10-9-19(21(25)18-8-6-5-7-16(18)2)22(27)23-15-17-11-13-24(3)14-12-17/h5-8,17,19,21H,4,9-15H2,1-3H3,(H,23,27)/t19-,21+/m1/s1. The van der Waals surface area contributed by atoms with Gasteiger partial charge in [0, 0.05) is 19.5 Å². The van der Waals surface area contributed by atoms with Gasteiger partial charge in [0.1, 0.15) is 0 Å². The summed E-state index contributed by atoms with van der Waals surface area (Å²) in [5.74, 6) is 0.655. The molecule has 2 saturated heterocycles. The molecule has 5 nitrogen and oxygen atoms in total. The average Bonchev–Trinajstić information content (AvgIpc) is 2.67. The molecule has 3 rings (SSSR count). The van der Waals surface area contributed by atoms with Gasteiger partial charge in [0.25, 0.3) is 0 Å². The Balaban J connectivity index is 1.74. The summed E-state index contributed by atoms with van der Waals surface area (Å²) in [7, 11) is 2.15. The molecule has 0 spiro atoms. The number of nitrogens with zero attached hydrogens (tertiary/aromatic N) is 2. The van der Waals surface area contributed by atoms with E-state index >= 15 is 0 Å². The highest BCUT2D eigenvalue weighted by Gasteiger charge is 2.40. The quantitative estimate of drug-likeness (QED) is 0.866. The Morgan fingerprint density at radius 2 is 1.89 bits per heavy atom. The van der Waals surface area contributed by atoms with Gasteiger partial charge in [-0.3, -0.25) is 9.59 Å². The average molecular weight is 372 g/mol. The minimum atomic E-state index is -0.171. The number of nitrogens with one attached hydrogen (secondary N) is 1. The lowest BCUT2D eigenvalue weighted by atomic mass is 9.82. The molecule has 0 saturated carbocycles. The van der Waals surface area contributed by atoms with Crippen molar-refractivity contribution in [1.82, 2.24) is 15.1 Å². The van der Waals surface area contributed by atoms with E-state index in [0.717, 1.165) is 43.6 Å². The van der Waals surface area contributed by atoms with Crippen LogP contribution in [0.2, 0.25) is 0 Å². The smallest absolute Gasteiger partial charge is 0.225 e. The summed E-state index contributed by atoms with van der Waals surface area (Å²) in [4.78, 5) is 29.9. The molecule has 0 aromatic heterocycles. The van der Waals surface area contributed by atoms with Gasteiger partial charge < -0.3 is 15.1 Å². The largest absolute Gasteiger partial charge is 0.356 e. The summed E-state index contributed by atoms with van der Waals surface area (Å²) in [5.41, 5.74) is 2.25. The van der Waals surface area contributed by atoms with Crippen molar-refractivity contribution in [3.05, 3.63) is 35.4 Å². The third-order valence-electron chi connectivity index (χ3n) is 6.29. The third-order valence-corrected chi connectivity index (χ3v) is 6.29. The van der Waals surface area contributed by atoms with Gasteiger partial charge in [-0.15, -0.1) is 0 Å². The van der Waals surface area contributed by atoms with E-state index in [1.165, 1.54) is 0 Å². The molecule has 2 fully saturated rings. The Morgan fingerprint density at radius 1 is 1.19 bits per heavy atom. The van der Waals surface area contributed by atoms with E-state index in [1.54, 1.807) is 0 Å². The molecule has 2 aliphatic rings. The highest BCUT2D eigenvalue weighted by Crippen LogP contribution is 2.38. The SMILES string of the molecule is CCN1C(=O)CC[C@@H](C(=O)NCC2CCN(C)CC2)[C@@H]1c1ccccc1C. The van der Waals surface area contributed by atoms with Gasteiger partial charge in [0.2, 0.25) is 11.8 Å². The highest BCUT2D eigenvalue weighted by molar-refractivity contribution is 5.85. The molecule has 0 radical (unpaired) electrons. The Labute approximate surface area is 163 Å².